The third-order valence-corrected chi connectivity index (χ3v) is 6.12. The first-order valence-corrected chi connectivity index (χ1v) is 10.2. The maximum Gasteiger partial charge on any atom is 0.257 e. The number of hydrogen-bond acceptors (Lipinski definition) is 4. The molecule has 0 spiro atoms. The molecule has 0 aliphatic rings. The minimum absolute atomic E-state index is 0.00955. The van der Waals surface area contributed by atoms with Gasteiger partial charge in [-0.3, -0.25) is 4.79 Å². The van der Waals surface area contributed by atoms with Crippen LogP contribution in [0.5, 0.6) is 0 Å². The van der Waals surface area contributed by atoms with Crippen LogP contribution in [0.25, 0.3) is 5.82 Å². The molecule has 0 saturated carbocycles. The summed E-state index contributed by atoms with van der Waals surface area (Å²) in [5, 5.41) is 2.79. The third kappa shape index (κ3) is 3.78. The van der Waals surface area contributed by atoms with Gasteiger partial charge in [-0.1, -0.05) is 19.1 Å². The van der Waals surface area contributed by atoms with E-state index in [1.165, 1.54) is 12.1 Å². The van der Waals surface area contributed by atoms with Crippen LogP contribution < -0.4 is 5.32 Å². The van der Waals surface area contributed by atoms with Gasteiger partial charge < -0.3 is 9.88 Å². The number of nitrogens with one attached hydrogen (secondary N) is 1. The Hall–Kier alpha value is -2.93. The summed E-state index contributed by atoms with van der Waals surface area (Å²) in [5.74, 6) is 0.453. The fraction of sp³-hybridized carbons (Fsp3) is 0.200. The van der Waals surface area contributed by atoms with E-state index >= 15 is 0 Å². The predicted molar refractivity (Wildman–Crippen MR) is 105 cm³/mol. The van der Waals surface area contributed by atoms with Gasteiger partial charge in [0, 0.05) is 23.3 Å². The lowest BCUT2D eigenvalue weighted by molar-refractivity contribution is 0.102. The van der Waals surface area contributed by atoms with Crippen LogP contribution in [0.3, 0.4) is 0 Å². The highest BCUT2D eigenvalue weighted by Gasteiger charge is 2.18. The Bertz CT molecular complexity index is 1090. The summed E-state index contributed by atoms with van der Waals surface area (Å²) in [6.45, 7) is 5.36. The van der Waals surface area contributed by atoms with Crippen LogP contribution >= 0.6 is 0 Å². The Balaban J connectivity index is 1.91. The fourth-order valence-electron chi connectivity index (χ4n) is 2.96. The van der Waals surface area contributed by atoms with Crippen molar-refractivity contribution in [3.63, 3.8) is 0 Å². The van der Waals surface area contributed by atoms with Gasteiger partial charge in [0.1, 0.15) is 5.82 Å². The van der Waals surface area contributed by atoms with Crippen molar-refractivity contribution in [1.82, 2.24) is 9.55 Å². The van der Waals surface area contributed by atoms with E-state index in [1.807, 2.05) is 36.6 Å². The summed E-state index contributed by atoms with van der Waals surface area (Å²) in [4.78, 5) is 17.3. The first-order valence-electron chi connectivity index (χ1n) is 8.58. The van der Waals surface area contributed by atoms with Gasteiger partial charge in [-0.2, -0.15) is 0 Å². The molecule has 140 valence electrons. The van der Waals surface area contributed by atoms with E-state index in [0.29, 0.717) is 11.3 Å². The number of amides is 1. The normalized spacial score (nSPS) is 11.4. The zero-order valence-corrected chi connectivity index (χ0v) is 16.2. The van der Waals surface area contributed by atoms with Gasteiger partial charge in [0.25, 0.3) is 5.91 Å². The average molecular weight is 383 g/mol. The molecule has 2 heterocycles. The number of carbonyl (C=O) groups is 1. The van der Waals surface area contributed by atoms with E-state index < -0.39 is 9.84 Å². The lowest BCUT2D eigenvalue weighted by atomic mass is 10.2. The van der Waals surface area contributed by atoms with Gasteiger partial charge in [0.05, 0.1) is 16.2 Å². The summed E-state index contributed by atoms with van der Waals surface area (Å²) in [5.41, 5.74) is 2.61. The fourth-order valence-corrected chi connectivity index (χ4v) is 3.89. The van der Waals surface area contributed by atoms with E-state index in [1.54, 1.807) is 31.3 Å². The SMILES string of the molecule is CCS(=O)(=O)c1cccc(NC(=O)c2cc(C)n(-c3ccccn3)c2C)c1. The van der Waals surface area contributed by atoms with Crippen molar-refractivity contribution in [2.45, 2.75) is 25.7 Å². The Morgan fingerprint density at radius 1 is 1.11 bits per heavy atom. The van der Waals surface area contributed by atoms with Gasteiger partial charge in [-0.05, 0) is 50.2 Å². The van der Waals surface area contributed by atoms with Crippen LogP contribution in [0.1, 0.15) is 28.7 Å². The summed E-state index contributed by atoms with van der Waals surface area (Å²) in [6.07, 6.45) is 1.70. The maximum absolute atomic E-state index is 12.8. The molecule has 0 bridgehead atoms. The lowest BCUT2D eigenvalue weighted by Crippen LogP contribution is -2.14. The molecule has 3 aromatic rings. The van der Waals surface area contributed by atoms with Gasteiger partial charge in [-0.25, -0.2) is 13.4 Å². The van der Waals surface area contributed by atoms with Crippen molar-refractivity contribution in [3.8, 4) is 5.82 Å². The van der Waals surface area contributed by atoms with E-state index in [-0.39, 0.29) is 16.6 Å². The second-order valence-corrected chi connectivity index (χ2v) is 8.47. The van der Waals surface area contributed by atoms with Crippen molar-refractivity contribution < 1.29 is 13.2 Å². The van der Waals surface area contributed by atoms with Crippen LogP contribution in [-0.4, -0.2) is 29.6 Å². The molecule has 7 heteroatoms. The minimum atomic E-state index is -3.33. The molecular formula is C20H21N3O3S. The molecule has 6 nitrogen and oxygen atoms in total. The van der Waals surface area contributed by atoms with Crippen LogP contribution in [0.4, 0.5) is 5.69 Å². The molecule has 0 aliphatic carbocycles. The molecule has 0 saturated heterocycles. The van der Waals surface area contributed by atoms with E-state index in [2.05, 4.69) is 10.3 Å². The topological polar surface area (TPSA) is 81.1 Å². The van der Waals surface area contributed by atoms with Crippen molar-refractivity contribution in [3.05, 3.63) is 71.7 Å². The van der Waals surface area contributed by atoms with Crippen LogP contribution in [-0.2, 0) is 9.84 Å². The molecule has 0 atom stereocenters. The number of carbonyl (C=O) groups excluding carboxylic acids is 1. The highest BCUT2D eigenvalue weighted by atomic mass is 32.2. The number of aromatic nitrogens is 2. The summed E-state index contributed by atoms with van der Waals surface area (Å²) in [7, 11) is -3.33. The van der Waals surface area contributed by atoms with Crippen molar-refractivity contribution in [2.75, 3.05) is 11.1 Å². The summed E-state index contributed by atoms with van der Waals surface area (Å²) >= 11 is 0. The molecular weight excluding hydrogens is 362 g/mol. The molecule has 1 N–H and O–H groups in total. The van der Waals surface area contributed by atoms with Crippen LogP contribution in [0, 0.1) is 13.8 Å². The Morgan fingerprint density at radius 2 is 1.89 bits per heavy atom. The standard InChI is InChI=1S/C20H21N3O3S/c1-4-27(25,26)17-9-7-8-16(13-17)22-20(24)18-12-14(2)23(15(18)3)19-10-5-6-11-21-19/h5-13H,4H2,1-3H3,(H,22,24). The Morgan fingerprint density at radius 3 is 2.56 bits per heavy atom. The van der Waals surface area contributed by atoms with E-state index in [0.717, 1.165) is 17.2 Å². The maximum atomic E-state index is 12.8. The zero-order chi connectivity index (χ0) is 19.6. The first-order chi connectivity index (χ1) is 12.8. The molecule has 1 amide bonds. The van der Waals surface area contributed by atoms with Gasteiger partial charge >= 0.3 is 0 Å². The number of pyridine rings is 1. The van der Waals surface area contributed by atoms with E-state index in [9.17, 15) is 13.2 Å². The number of rotatable bonds is 5. The second-order valence-electron chi connectivity index (χ2n) is 6.19. The van der Waals surface area contributed by atoms with Gasteiger partial charge in [0.15, 0.2) is 9.84 Å². The molecule has 27 heavy (non-hydrogen) atoms. The summed E-state index contributed by atoms with van der Waals surface area (Å²) in [6, 6.07) is 13.7. The number of anilines is 1. The highest BCUT2D eigenvalue weighted by molar-refractivity contribution is 7.91. The number of sulfone groups is 1. The Labute approximate surface area is 158 Å². The molecule has 2 aromatic heterocycles. The molecule has 0 radical (unpaired) electrons. The highest BCUT2D eigenvalue weighted by Crippen LogP contribution is 2.22. The number of hydrogen-bond donors (Lipinski definition) is 1. The van der Waals surface area contributed by atoms with Crippen LogP contribution in [0.2, 0.25) is 0 Å². The quantitative estimate of drug-likeness (QED) is 0.731. The van der Waals surface area contributed by atoms with E-state index in [4.69, 9.17) is 0 Å². The monoisotopic (exact) mass is 383 g/mol. The minimum Gasteiger partial charge on any atom is -0.322 e. The van der Waals surface area contributed by atoms with Gasteiger partial charge in [-0.15, -0.1) is 0 Å². The summed E-state index contributed by atoms with van der Waals surface area (Å²) < 4.78 is 26.0. The van der Waals surface area contributed by atoms with Crippen molar-refractivity contribution >= 4 is 21.4 Å². The second kappa shape index (κ2) is 7.36. The third-order valence-electron chi connectivity index (χ3n) is 4.39. The number of aryl methyl sites for hydroxylation is 1. The molecule has 0 fully saturated rings. The van der Waals surface area contributed by atoms with Gasteiger partial charge in [0.2, 0.25) is 0 Å². The predicted octanol–water partition coefficient (Wildman–Crippen LogP) is 3.54. The molecule has 1 aromatic carbocycles. The Kier molecular flexibility index (Phi) is 5.14. The van der Waals surface area contributed by atoms with Crippen molar-refractivity contribution in [1.29, 1.82) is 0 Å². The first kappa shape index (κ1) is 18.8. The smallest absolute Gasteiger partial charge is 0.257 e. The van der Waals surface area contributed by atoms with Crippen molar-refractivity contribution in [2.24, 2.45) is 0 Å². The van der Waals surface area contributed by atoms with Crippen LogP contribution in [0.15, 0.2) is 59.6 Å². The zero-order valence-electron chi connectivity index (χ0n) is 15.4. The molecule has 0 aliphatic heterocycles. The molecule has 3 rings (SSSR count). The number of nitrogens with zero attached hydrogens (tertiary/aromatic N) is 2. The lowest BCUT2D eigenvalue weighted by Gasteiger charge is -2.09. The molecule has 0 unspecified atom stereocenters. The largest absolute Gasteiger partial charge is 0.322 e. The average Bonchev–Trinajstić information content (AvgIpc) is 2.97. The number of benzene rings is 1.